The van der Waals surface area contributed by atoms with E-state index >= 15 is 0 Å². The van der Waals surface area contributed by atoms with E-state index in [1.807, 2.05) is 44.5 Å². The van der Waals surface area contributed by atoms with Crippen LogP contribution in [-0.2, 0) is 20.0 Å². The number of nitrogens with zero attached hydrogens (tertiary/aromatic N) is 4. The van der Waals surface area contributed by atoms with Crippen molar-refractivity contribution < 1.29 is 9.47 Å². The van der Waals surface area contributed by atoms with Gasteiger partial charge >= 0.3 is 0 Å². The second-order valence-electron chi connectivity index (χ2n) is 5.88. The quantitative estimate of drug-likeness (QED) is 0.488. The number of hydrogen-bond donors (Lipinski definition) is 2. The van der Waals surface area contributed by atoms with E-state index in [2.05, 4.69) is 31.9 Å². The van der Waals surface area contributed by atoms with Crippen molar-refractivity contribution in [3.63, 3.8) is 0 Å². The molecule has 0 spiro atoms. The fraction of sp³-hybridized carbons (Fsp3) is 0.526. The maximum absolute atomic E-state index is 5.69. The molecule has 0 saturated heterocycles. The van der Waals surface area contributed by atoms with E-state index in [0.717, 1.165) is 42.8 Å². The molecule has 0 unspecified atom stereocenters. The number of hydrogen-bond acceptors (Lipinski definition) is 5. The first-order valence-electron chi connectivity index (χ1n) is 9.41. The zero-order valence-electron chi connectivity index (χ0n) is 16.7. The summed E-state index contributed by atoms with van der Waals surface area (Å²) < 4.78 is 13.2. The molecule has 0 radical (unpaired) electrons. The van der Waals surface area contributed by atoms with Gasteiger partial charge in [-0.15, -0.1) is 10.2 Å². The molecule has 0 aliphatic carbocycles. The lowest BCUT2D eigenvalue weighted by molar-refractivity contribution is 0.287. The van der Waals surface area contributed by atoms with E-state index in [9.17, 15) is 0 Å². The molecule has 1 aromatic carbocycles. The predicted molar refractivity (Wildman–Crippen MR) is 106 cm³/mol. The lowest BCUT2D eigenvalue weighted by Crippen LogP contribution is -2.38. The topological polar surface area (TPSA) is 85.6 Å². The average molecular weight is 374 g/mol. The highest BCUT2D eigenvalue weighted by Crippen LogP contribution is 2.28. The van der Waals surface area contributed by atoms with Crippen molar-refractivity contribution in [3.05, 3.63) is 35.9 Å². The smallest absolute Gasteiger partial charge is 0.191 e. The molecule has 0 atom stereocenters. The van der Waals surface area contributed by atoms with Gasteiger partial charge in [-0.25, -0.2) is 4.99 Å². The van der Waals surface area contributed by atoms with Crippen molar-refractivity contribution >= 4 is 5.96 Å². The van der Waals surface area contributed by atoms with Gasteiger partial charge in [-0.3, -0.25) is 0 Å². The van der Waals surface area contributed by atoms with Crippen LogP contribution in [0.4, 0.5) is 0 Å². The molecular formula is C19H30N6O2. The van der Waals surface area contributed by atoms with Crippen LogP contribution in [0.3, 0.4) is 0 Å². The lowest BCUT2D eigenvalue weighted by atomic mass is 10.1. The molecule has 2 aromatic rings. The Balaban J connectivity index is 1.93. The normalized spacial score (nSPS) is 11.3. The van der Waals surface area contributed by atoms with Crippen LogP contribution in [-0.4, -0.2) is 47.0 Å². The second-order valence-corrected chi connectivity index (χ2v) is 5.88. The van der Waals surface area contributed by atoms with Crippen molar-refractivity contribution in [2.75, 3.05) is 26.3 Å². The fourth-order valence-corrected chi connectivity index (χ4v) is 2.52. The molecule has 8 heteroatoms. The summed E-state index contributed by atoms with van der Waals surface area (Å²) in [6.45, 7) is 9.24. The number of ether oxygens (including phenoxy) is 2. The highest BCUT2D eigenvalue weighted by atomic mass is 16.5. The molecule has 8 nitrogen and oxygen atoms in total. The molecular weight excluding hydrogens is 344 g/mol. The number of nitrogens with one attached hydrogen (secondary N) is 2. The molecule has 0 aliphatic rings. The van der Waals surface area contributed by atoms with Crippen molar-refractivity contribution in [2.45, 2.75) is 33.7 Å². The summed E-state index contributed by atoms with van der Waals surface area (Å²) in [6.07, 6.45) is 2.52. The maximum atomic E-state index is 5.69. The molecule has 2 N–H and O–H groups in total. The Labute approximate surface area is 161 Å². The summed E-state index contributed by atoms with van der Waals surface area (Å²) in [4.78, 5) is 4.56. The largest absolute Gasteiger partial charge is 0.490 e. The Hall–Kier alpha value is -2.77. The van der Waals surface area contributed by atoms with Gasteiger partial charge in [-0.1, -0.05) is 6.07 Å². The van der Waals surface area contributed by atoms with Gasteiger partial charge in [-0.2, -0.15) is 0 Å². The van der Waals surface area contributed by atoms with Gasteiger partial charge in [0.2, 0.25) is 0 Å². The summed E-state index contributed by atoms with van der Waals surface area (Å²) in [7, 11) is 1.91. The molecule has 0 aliphatic heterocycles. The van der Waals surface area contributed by atoms with Crippen LogP contribution in [0, 0.1) is 0 Å². The number of aryl methyl sites for hydroxylation is 1. The van der Waals surface area contributed by atoms with E-state index in [0.29, 0.717) is 19.8 Å². The monoisotopic (exact) mass is 374 g/mol. The first-order chi connectivity index (χ1) is 13.2. The van der Waals surface area contributed by atoms with E-state index in [-0.39, 0.29) is 0 Å². The third-order valence-corrected chi connectivity index (χ3v) is 3.84. The van der Waals surface area contributed by atoms with E-state index in [1.54, 1.807) is 6.33 Å². The molecule has 2 rings (SSSR count). The van der Waals surface area contributed by atoms with E-state index in [4.69, 9.17) is 9.47 Å². The van der Waals surface area contributed by atoms with Crippen LogP contribution in [0.25, 0.3) is 0 Å². The van der Waals surface area contributed by atoms with Crippen LogP contribution in [0.1, 0.15) is 32.2 Å². The van der Waals surface area contributed by atoms with Crippen LogP contribution >= 0.6 is 0 Å². The van der Waals surface area contributed by atoms with Crippen molar-refractivity contribution in [1.29, 1.82) is 0 Å². The molecule has 0 bridgehead atoms. The highest BCUT2D eigenvalue weighted by molar-refractivity contribution is 5.79. The summed E-state index contributed by atoms with van der Waals surface area (Å²) in [6, 6.07) is 6.08. The third-order valence-electron chi connectivity index (χ3n) is 3.84. The average Bonchev–Trinajstić information content (AvgIpc) is 3.07. The molecule has 27 heavy (non-hydrogen) atoms. The number of rotatable bonds is 10. The minimum Gasteiger partial charge on any atom is -0.490 e. The Bertz CT molecular complexity index is 729. The van der Waals surface area contributed by atoms with Crippen molar-refractivity contribution in [3.8, 4) is 11.5 Å². The molecule has 0 saturated carbocycles. The number of benzene rings is 1. The van der Waals surface area contributed by atoms with Gasteiger partial charge in [0.25, 0.3) is 0 Å². The molecule has 0 amide bonds. The van der Waals surface area contributed by atoms with Crippen LogP contribution in [0.2, 0.25) is 0 Å². The highest BCUT2D eigenvalue weighted by Gasteiger charge is 2.07. The molecule has 1 aromatic heterocycles. The lowest BCUT2D eigenvalue weighted by Gasteiger charge is -2.14. The zero-order chi connectivity index (χ0) is 19.5. The van der Waals surface area contributed by atoms with Gasteiger partial charge in [0.05, 0.1) is 13.2 Å². The second kappa shape index (κ2) is 11.1. The summed E-state index contributed by atoms with van der Waals surface area (Å²) >= 11 is 0. The van der Waals surface area contributed by atoms with Crippen LogP contribution < -0.4 is 20.1 Å². The minimum atomic E-state index is 0.476. The minimum absolute atomic E-state index is 0.476. The number of guanidine groups is 1. The molecule has 0 fully saturated rings. The first kappa shape index (κ1) is 20.5. The maximum Gasteiger partial charge on any atom is 0.191 e. The summed E-state index contributed by atoms with van der Waals surface area (Å²) in [5.41, 5.74) is 1.18. The fourth-order valence-electron chi connectivity index (χ4n) is 2.52. The summed E-state index contributed by atoms with van der Waals surface area (Å²) in [5, 5.41) is 14.5. The SMILES string of the molecule is CCNC(=NCc1nncn1C)NCCc1ccc(OCC)c(OCC)c1. The van der Waals surface area contributed by atoms with Crippen molar-refractivity contribution in [2.24, 2.45) is 12.0 Å². The Kier molecular flexibility index (Phi) is 8.41. The zero-order valence-corrected chi connectivity index (χ0v) is 16.7. The van der Waals surface area contributed by atoms with Crippen LogP contribution in [0.5, 0.6) is 11.5 Å². The summed E-state index contributed by atoms with van der Waals surface area (Å²) in [5.74, 6) is 3.16. The standard InChI is InChI=1S/C19H30N6O2/c1-5-20-19(22-13-18-24-23-14-25(18)4)21-11-10-15-8-9-16(26-6-2)17(12-15)27-7-3/h8-9,12,14H,5-7,10-11,13H2,1-4H3,(H2,20,21,22). The van der Waals surface area contributed by atoms with E-state index < -0.39 is 0 Å². The van der Waals surface area contributed by atoms with Gasteiger partial charge in [0.15, 0.2) is 23.3 Å². The number of aliphatic imine (C=N–C) groups is 1. The van der Waals surface area contributed by atoms with Crippen molar-refractivity contribution in [1.82, 2.24) is 25.4 Å². The third kappa shape index (κ3) is 6.47. The Morgan fingerprint density at radius 3 is 2.56 bits per heavy atom. The van der Waals surface area contributed by atoms with Gasteiger partial charge in [-0.05, 0) is 44.9 Å². The molecule has 1 heterocycles. The first-order valence-corrected chi connectivity index (χ1v) is 9.41. The predicted octanol–water partition coefficient (Wildman–Crippen LogP) is 1.91. The van der Waals surface area contributed by atoms with Gasteiger partial charge < -0.3 is 24.7 Å². The van der Waals surface area contributed by atoms with Gasteiger partial charge in [0, 0.05) is 20.1 Å². The van der Waals surface area contributed by atoms with Gasteiger partial charge in [0.1, 0.15) is 12.9 Å². The number of aromatic nitrogens is 3. The Morgan fingerprint density at radius 1 is 1.11 bits per heavy atom. The van der Waals surface area contributed by atoms with Crippen LogP contribution in [0.15, 0.2) is 29.5 Å². The van der Waals surface area contributed by atoms with E-state index in [1.165, 1.54) is 5.56 Å². The Morgan fingerprint density at radius 2 is 1.89 bits per heavy atom. The molecule has 148 valence electrons.